The number of alkyl halides is 3. The number of hydrogen-bond acceptors (Lipinski definition) is 3. The highest BCUT2D eigenvalue weighted by molar-refractivity contribution is 6.32. The fraction of sp³-hybridized carbons (Fsp3) is 0.316. The Balaban J connectivity index is 1.68. The van der Waals surface area contributed by atoms with Crippen molar-refractivity contribution < 1.29 is 22.8 Å². The average molecular weight is 412 g/mol. The number of benzene rings is 1. The van der Waals surface area contributed by atoms with E-state index in [0.29, 0.717) is 12.1 Å². The van der Waals surface area contributed by atoms with E-state index in [1.807, 2.05) is 0 Å². The summed E-state index contributed by atoms with van der Waals surface area (Å²) in [4.78, 5) is 30.3. The van der Waals surface area contributed by atoms with Crippen LogP contribution in [0.15, 0.2) is 42.6 Å². The Morgan fingerprint density at radius 2 is 2.04 bits per heavy atom. The number of hydrogen-bond donors (Lipinski definition) is 1. The lowest BCUT2D eigenvalue weighted by molar-refractivity contribution is -0.137. The first-order valence-corrected chi connectivity index (χ1v) is 8.97. The van der Waals surface area contributed by atoms with Crippen molar-refractivity contribution in [2.24, 2.45) is 0 Å². The van der Waals surface area contributed by atoms with Gasteiger partial charge in [0, 0.05) is 19.2 Å². The molecule has 0 radical (unpaired) electrons. The molecule has 1 aromatic carbocycles. The summed E-state index contributed by atoms with van der Waals surface area (Å²) >= 11 is 5.85. The van der Waals surface area contributed by atoms with E-state index >= 15 is 0 Å². The van der Waals surface area contributed by atoms with Gasteiger partial charge < -0.3 is 10.2 Å². The van der Waals surface area contributed by atoms with Crippen LogP contribution in [0, 0.1) is 0 Å². The molecular formula is C19H17ClF3N3O2. The second-order valence-corrected chi connectivity index (χ2v) is 6.77. The number of likely N-dealkylation sites (tertiary alicyclic amines) is 1. The topological polar surface area (TPSA) is 62.3 Å². The zero-order valence-corrected chi connectivity index (χ0v) is 15.4. The molecule has 0 bridgehead atoms. The quantitative estimate of drug-likeness (QED) is 0.818. The first-order valence-electron chi connectivity index (χ1n) is 8.59. The summed E-state index contributed by atoms with van der Waals surface area (Å²) in [7, 11) is 0. The van der Waals surface area contributed by atoms with Gasteiger partial charge in [0.05, 0.1) is 22.8 Å². The Morgan fingerprint density at radius 3 is 2.71 bits per heavy atom. The van der Waals surface area contributed by atoms with Crippen LogP contribution in [0.5, 0.6) is 0 Å². The number of pyridine rings is 1. The lowest BCUT2D eigenvalue weighted by Gasteiger charge is -2.24. The van der Waals surface area contributed by atoms with Gasteiger partial charge in [0.1, 0.15) is 6.04 Å². The third-order valence-corrected chi connectivity index (χ3v) is 4.97. The number of amides is 2. The van der Waals surface area contributed by atoms with Crippen LogP contribution in [0.4, 0.5) is 13.2 Å². The van der Waals surface area contributed by atoms with Crippen molar-refractivity contribution in [3.63, 3.8) is 0 Å². The van der Waals surface area contributed by atoms with Gasteiger partial charge in [0.25, 0.3) is 0 Å². The standard InChI is InChI=1S/C19H17ClF3N3O2/c20-17-12(4-3-6-14(17)19(21,22)23)10-25-18(28)15-7-8-16(27)26(15)11-13-5-1-2-9-24-13/h1-6,9,15H,7-8,10-11H2,(H,25,28)/t15-/m0/s1. The molecule has 0 saturated carbocycles. The number of nitrogens with one attached hydrogen (secondary N) is 1. The minimum absolute atomic E-state index is 0.158. The van der Waals surface area contributed by atoms with Crippen molar-refractivity contribution in [1.29, 1.82) is 0 Å². The molecular weight excluding hydrogens is 395 g/mol. The number of carbonyl (C=O) groups excluding carboxylic acids is 2. The molecule has 1 aliphatic heterocycles. The first-order chi connectivity index (χ1) is 13.3. The van der Waals surface area contributed by atoms with E-state index in [1.165, 1.54) is 17.0 Å². The maximum absolute atomic E-state index is 13.0. The van der Waals surface area contributed by atoms with Gasteiger partial charge in [-0.3, -0.25) is 14.6 Å². The van der Waals surface area contributed by atoms with Crippen LogP contribution in [0.2, 0.25) is 5.02 Å². The van der Waals surface area contributed by atoms with Gasteiger partial charge in [-0.05, 0) is 30.2 Å². The van der Waals surface area contributed by atoms with Gasteiger partial charge in [0.2, 0.25) is 11.8 Å². The number of halogens is 4. The lowest BCUT2D eigenvalue weighted by Crippen LogP contribution is -2.44. The molecule has 0 spiro atoms. The van der Waals surface area contributed by atoms with Crippen LogP contribution in [0.1, 0.15) is 29.7 Å². The average Bonchev–Trinajstić information content (AvgIpc) is 3.01. The molecule has 2 heterocycles. The minimum atomic E-state index is -4.57. The summed E-state index contributed by atoms with van der Waals surface area (Å²) in [6.45, 7) is 0.0335. The van der Waals surface area contributed by atoms with E-state index in [9.17, 15) is 22.8 Å². The predicted molar refractivity (Wildman–Crippen MR) is 96.1 cm³/mol. The van der Waals surface area contributed by atoms with E-state index < -0.39 is 28.7 Å². The van der Waals surface area contributed by atoms with Crippen molar-refractivity contribution >= 4 is 23.4 Å². The van der Waals surface area contributed by atoms with Gasteiger partial charge in [-0.1, -0.05) is 29.8 Å². The Labute approximate surface area is 164 Å². The fourth-order valence-corrected chi connectivity index (χ4v) is 3.41. The molecule has 1 atom stereocenters. The molecule has 28 heavy (non-hydrogen) atoms. The largest absolute Gasteiger partial charge is 0.417 e. The Hall–Kier alpha value is -2.61. The van der Waals surface area contributed by atoms with E-state index in [1.54, 1.807) is 24.4 Å². The fourth-order valence-electron chi connectivity index (χ4n) is 3.11. The maximum Gasteiger partial charge on any atom is 0.417 e. The third-order valence-electron chi connectivity index (χ3n) is 4.53. The minimum Gasteiger partial charge on any atom is -0.350 e. The highest BCUT2D eigenvalue weighted by Crippen LogP contribution is 2.36. The summed E-state index contributed by atoms with van der Waals surface area (Å²) < 4.78 is 38.9. The van der Waals surface area contributed by atoms with E-state index in [2.05, 4.69) is 10.3 Å². The predicted octanol–water partition coefficient (Wildman–Crippen LogP) is 3.56. The number of nitrogens with zero attached hydrogens (tertiary/aromatic N) is 2. The summed E-state index contributed by atoms with van der Waals surface area (Å²) in [5.74, 6) is -0.599. The molecule has 1 saturated heterocycles. The molecule has 5 nitrogen and oxygen atoms in total. The lowest BCUT2D eigenvalue weighted by atomic mass is 10.1. The van der Waals surface area contributed by atoms with Crippen LogP contribution in [-0.2, 0) is 28.9 Å². The molecule has 0 unspecified atom stereocenters. The molecule has 9 heteroatoms. The first kappa shape index (κ1) is 20.1. The van der Waals surface area contributed by atoms with Crippen LogP contribution >= 0.6 is 11.6 Å². The molecule has 3 rings (SSSR count). The molecule has 2 amide bonds. The number of aromatic nitrogens is 1. The molecule has 1 aromatic heterocycles. The summed E-state index contributed by atoms with van der Waals surface area (Å²) in [6.07, 6.45) is -2.40. The van der Waals surface area contributed by atoms with E-state index in [4.69, 9.17) is 11.6 Å². The molecule has 1 fully saturated rings. The summed E-state index contributed by atoms with van der Waals surface area (Å²) in [5, 5.41) is 2.15. The zero-order chi connectivity index (χ0) is 20.3. The molecule has 148 valence electrons. The van der Waals surface area contributed by atoms with Crippen LogP contribution < -0.4 is 5.32 Å². The summed E-state index contributed by atoms with van der Waals surface area (Å²) in [6, 6.07) is 8.14. The van der Waals surface area contributed by atoms with Crippen molar-refractivity contribution in [2.75, 3.05) is 0 Å². The highest BCUT2D eigenvalue weighted by Gasteiger charge is 2.37. The Bertz CT molecular complexity index is 874. The number of carbonyl (C=O) groups is 2. The third kappa shape index (κ3) is 4.44. The van der Waals surface area contributed by atoms with E-state index in [0.717, 1.165) is 6.07 Å². The SMILES string of the molecule is O=C(NCc1cccc(C(F)(F)F)c1Cl)[C@@H]1CCC(=O)N1Cc1ccccn1. The smallest absolute Gasteiger partial charge is 0.350 e. The molecule has 1 N–H and O–H groups in total. The van der Waals surface area contributed by atoms with Crippen LogP contribution in [0.3, 0.4) is 0 Å². The van der Waals surface area contributed by atoms with Crippen molar-refractivity contribution in [3.8, 4) is 0 Å². The normalized spacial score (nSPS) is 17.1. The van der Waals surface area contributed by atoms with Gasteiger partial charge in [-0.15, -0.1) is 0 Å². The number of rotatable bonds is 5. The highest BCUT2D eigenvalue weighted by atomic mass is 35.5. The summed E-state index contributed by atoms with van der Waals surface area (Å²) in [5.41, 5.74) is -0.143. The van der Waals surface area contributed by atoms with Crippen molar-refractivity contribution in [2.45, 2.75) is 38.1 Å². The van der Waals surface area contributed by atoms with Gasteiger partial charge in [-0.2, -0.15) is 13.2 Å². The molecule has 1 aliphatic rings. The van der Waals surface area contributed by atoms with Gasteiger partial charge in [-0.25, -0.2) is 0 Å². The second kappa shape index (κ2) is 8.18. The monoisotopic (exact) mass is 411 g/mol. The van der Waals surface area contributed by atoms with Gasteiger partial charge in [0.15, 0.2) is 0 Å². The van der Waals surface area contributed by atoms with Crippen LogP contribution in [-0.4, -0.2) is 27.7 Å². The van der Waals surface area contributed by atoms with Crippen molar-refractivity contribution in [3.05, 3.63) is 64.4 Å². The molecule has 0 aliphatic carbocycles. The van der Waals surface area contributed by atoms with Crippen LogP contribution in [0.25, 0.3) is 0 Å². The van der Waals surface area contributed by atoms with Crippen molar-refractivity contribution in [1.82, 2.24) is 15.2 Å². The maximum atomic E-state index is 13.0. The Morgan fingerprint density at radius 1 is 1.25 bits per heavy atom. The van der Waals surface area contributed by atoms with E-state index in [-0.39, 0.29) is 31.0 Å². The second-order valence-electron chi connectivity index (χ2n) is 6.39. The molecule has 2 aromatic rings. The zero-order valence-electron chi connectivity index (χ0n) is 14.7. The van der Waals surface area contributed by atoms with Gasteiger partial charge >= 0.3 is 6.18 Å². The Kier molecular flexibility index (Phi) is 5.88.